The number of para-hydroxylation sites is 1. The van der Waals surface area contributed by atoms with Gasteiger partial charge in [-0.3, -0.25) is 18.7 Å². The van der Waals surface area contributed by atoms with Crippen LogP contribution in [0.5, 0.6) is 5.75 Å². The van der Waals surface area contributed by atoms with E-state index in [2.05, 4.69) is 15.4 Å². The molecular weight excluding hydrogens is 567 g/mol. The number of hydrogen-bond acceptors (Lipinski definition) is 10. The van der Waals surface area contributed by atoms with Crippen molar-refractivity contribution in [3.63, 3.8) is 0 Å². The lowest BCUT2D eigenvalue weighted by Gasteiger charge is -2.25. The molecule has 1 unspecified atom stereocenters. The van der Waals surface area contributed by atoms with Crippen molar-refractivity contribution in [3.05, 3.63) is 53.1 Å². The molecule has 13 nitrogen and oxygen atoms in total. The molecule has 3 rings (SSSR count). The van der Waals surface area contributed by atoms with Crippen molar-refractivity contribution in [2.75, 3.05) is 18.5 Å². The number of amides is 1. The molecule has 1 amide bonds. The van der Waals surface area contributed by atoms with Crippen molar-refractivity contribution in [2.24, 2.45) is 11.3 Å². The second-order valence-electron chi connectivity index (χ2n) is 11.3. The van der Waals surface area contributed by atoms with E-state index >= 15 is 0 Å². The minimum absolute atomic E-state index is 0.0167. The van der Waals surface area contributed by atoms with Crippen molar-refractivity contribution < 1.29 is 37.4 Å². The van der Waals surface area contributed by atoms with E-state index in [1.165, 1.54) is 23.8 Å². The number of aromatic nitrogens is 2. The van der Waals surface area contributed by atoms with Gasteiger partial charge in [0.25, 0.3) is 0 Å². The predicted octanol–water partition coefficient (Wildman–Crippen LogP) is 4.26. The van der Waals surface area contributed by atoms with Crippen LogP contribution in [0.2, 0.25) is 0 Å². The van der Waals surface area contributed by atoms with Crippen molar-refractivity contribution in [3.8, 4) is 5.75 Å². The summed E-state index contributed by atoms with van der Waals surface area (Å²) in [6.45, 7) is 12.3. The Morgan fingerprint density at radius 3 is 2.45 bits per heavy atom. The molecule has 1 aromatic heterocycles. The predicted molar refractivity (Wildman–Crippen MR) is 155 cm³/mol. The van der Waals surface area contributed by atoms with Gasteiger partial charge in [-0.2, -0.15) is 10.1 Å². The topological polar surface area (TPSA) is 156 Å². The standard InChI is InChI=1S/C28H41N4O9P/c1-18(2)15-28(6,7)26(34)29-22-13-14-32(27(35)30-22)23-16-37-24(40-23)17-38-42(36,41-21-11-9-8-10-12-21)31-20(5)25(33)39-19(3)4/h8-14,18-20,23-24H,15-17H2,1-7H3,(H,31,36)(H,29,30,34,35)/t20-,23-,24-,42?/m0/s1. The third-order valence-corrected chi connectivity index (χ3v) is 7.70. The molecule has 0 aliphatic carbocycles. The Labute approximate surface area is 245 Å². The van der Waals surface area contributed by atoms with E-state index in [9.17, 15) is 18.9 Å². The van der Waals surface area contributed by atoms with Crippen LogP contribution < -0.4 is 20.6 Å². The summed E-state index contributed by atoms with van der Waals surface area (Å²) in [5.41, 5.74) is -1.28. The van der Waals surface area contributed by atoms with E-state index in [0.717, 1.165) is 0 Å². The molecule has 4 atom stereocenters. The largest absolute Gasteiger partial charge is 0.462 e. The van der Waals surface area contributed by atoms with E-state index in [0.29, 0.717) is 12.3 Å². The van der Waals surface area contributed by atoms with Crippen LogP contribution in [0.1, 0.15) is 61.1 Å². The summed E-state index contributed by atoms with van der Waals surface area (Å²) in [6.07, 6.45) is -0.0975. The molecule has 0 spiro atoms. The number of nitrogens with zero attached hydrogens (tertiary/aromatic N) is 2. The highest BCUT2D eigenvalue weighted by molar-refractivity contribution is 7.52. The van der Waals surface area contributed by atoms with Gasteiger partial charge in [-0.05, 0) is 51.3 Å². The van der Waals surface area contributed by atoms with Gasteiger partial charge in [0, 0.05) is 11.6 Å². The molecular formula is C28H41N4O9P. The first-order valence-corrected chi connectivity index (χ1v) is 15.4. The summed E-state index contributed by atoms with van der Waals surface area (Å²) < 4.78 is 42.6. The Kier molecular flexibility index (Phi) is 11.4. The monoisotopic (exact) mass is 608 g/mol. The zero-order valence-corrected chi connectivity index (χ0v) is 26.0. The molecule has 0 saturated carbocycles. The number of ether oxygens (including phenoxy) is 3. The number of benzene rings is 1. The van der Waals surface area contributed by atoms with Crippen LogP contribution in [0.15, 0.2) is 47.4 Å². The van der Waals surface area contributed by atoms with Gasteiger partial charge in [-0.15, -0.1) is 0 Å². The van der Waals surface area contributed by atoms with Crippen LogP contribution >= 0.6 is 7.75 Å². The van der Waals surface area contributed by atoms with Crippen LogP contribution in [0, 0.1) is 11.3 Å². The van der Waals surface area contributed by atoms with E-state index in [1.807, 2.05) is 27.7 Å². The maximum absolute atomic E-state index is 13.6. The van der Waals surface area contributed by atoms with Gasteiger partial charge in [0.2, 0.25) is 5.91 Å². The SMILES string of the molecule is CC(C)CC(C)(C)C(=O)Nc1ccn([C@@H]2CO[C@H](COP(=O)(N[C@@H](C)C(=O)OC(C)C)Oc3ccccc3)O2)c(=O)n1. The highest BCUT2D eigenvalue weighted by Gasteiger charge is 2.36. The molecule has 0 bridgehead atoms. The molecule has 2 N–H and O–H groups in total. The van der Waals surface area contributed by atoms with Gasteiger partial charge < -0.3 is 24.1 Å². The fourth-order valence-electron chi connectivity index (χ4n) is 4.27. The highest BCUT2D eigenvalue weighted by Crippen LogP contribution is 2.45. The van der Waals surface area contributed by atoms with Crippen molar-refractivity contribution in [2.45, 2.75) is 79.6 Å². The summed E-state index contributed by atoms with van der Waals surface area (Å²) in [6, 6.07) is 8.81. The van der Waals surface area contributed by atoms with Gasteiger partial charge in [0.05, 0.1) is 12.7 Å². The summed E-state index contributed by atoms with van der Waals surface area (Å²) in [5, 5.41) is 5.30. The Balaban J connectivity index is 1.64. The number of hydrogen-bond donors (Lipinski definition) is 2. The molecule has 1 aromatic carbocycles. The van der Waals surface area contributed by atoms with Gasteiger partial charge in [-0.1, -0.05) is 45.9 Å². The zero-order chi connectivity index (χ0) is 31.1. The number of esters is 1. The molecule has 1 saturated heterocycles. The lowest BCUT2D eigenvalue weighted by Crippen LogP contribution is -2.36. The molecule has 14 heteroatoms. The second kappa shape index (κ2) is 14.4. The van der Waals surface area contributed by atoms with Crippen molar-refractivity contribution >= 4 is 25.4 Å². The third-order valence-electron chi connectivity index (χ3n) is 6.06. The molecule has 2 heterocycles. The van der Waals surface area contributed by atoms with E-state index < -0.39 is 43.4 Å². The van der Waals surface area contributed by atoms with Crippen LogP contribution in [0.3, 0.4) is 0 Å². The maximum Gasteiger partial charge on any atom is 0.459 e. The van der Waals surface area contributed by atoms with Crippen LogP contribution in [0.4, 0.5) is 5.82 Å². The molecule has 1 aliphatic rings. The first-order valence-electron chi connectivity index (χ1n) is 13.8. The number of nitrogens with one attached hydrogen (secondary N) is 2. The number of anilines is 1. The molecule has 2 aromatic rings. The van der Waals surface area contributed by atoms with E-state index in [-0.39, 0.29) is 36.8 Å². The van der Waals surface area contributed by atoms with E-state index in [1.54, 1.807) is 44.2 Å². The second-order valence-corrected chi connectivity index (χ2v) is 13.0. The molecule has 232 valence electrons. The lowest BCUT2D eigenvalue weighted by atomic mass is 9.83. The zero-order valence-electron chi connectivity index (χ0n) is 25.1. The summed E-state index contributed by atoms with van der Waals surface area (Å²) in [7, 11) is -4.12. The molecule has 42 heavy (non-hydrogen) atoms. The maximum atomic E-state index is 13.6. The van der Waals surface area contributed by atoms with Crippen molar-refractivity contribution in [1.82, 2.24) is 14.6 Å². The molecule has 1 aliphatic heterocycles. The van der Waals surface area contributed by atoms with Crippen LogP contribution in [0.25, 0.3) is 0 Å². The van der Waals surface area contributed by atoms with Gasteiger partial charge in [0.1, 0.15) is 24.2 Å². The first-order chi connectivity index (χ1) is 19.7. The third kappa shape index (κ3) is 9.74. The number of rotatable bonds is 14. The summed E-state index contributed by atoms with van der Waals surface area (Å²) in [4.78, 5) is 41.7. The Morgan fingerprint density at radius 2 is 1.83 bits per heavy atom. The highest BCUT2D eigenvalue weighted by atomic mass is 31.2. The van der Waals surface area contributed by atoms with Crippen LogP contribution in [-0.2, 0) is 32.9 Å². The van der Waals surface area contributed by atoms with Gasteiger partial charge in [-0.25, -0.2) is 9.36 Å². The number of carbonyl (C=O) groups is 2. The van der Waals surface area contributed by atoms with Gasteiger partial charge in [0.15, 0.2) is 12.5 Å². The quantitative estimate of drug-likeness (QED) is 0.233. The first kappa shape index (κ1) is 33.4. The minimum atomic E-state index is -4.12. The van der Waals surface area contributed by atoms with E-state index in [4.69, 9.17) is 23.3 Å². The summed E-state index contributed by atoms with van der Waals surface area (Å²) in [5.74, 6) is -0.161. The average molecular weight is 609 g/mol. The molecule has 0 radical (unpaired) electrons. The van der Waals surface area contributed by atoms with Crippen LogP contribution in [-0.4, -0.2) is 53.1 Å². The molecule has 1 fully saturated rings. The Bertz CT molecular complexity index is 1320. The Hall–Kier alpha value is -3.09. The number of carbonyl (C=O) groups excluding carboxylic acids is 2. The fourth-order valence-corrected chi connectivity index (χ4v) is 5.75. The fraction of sp³-hybridized carbons (Fsp3) is 0.571. The normalized spacial score (nSPS) is 19.4. The smallest absolute Gasteiger partial charge is 0.459 e. The Morgan fingerprint density at radius 1 is 1.14 bits per heavy atom. The van der Waals surface area contributed by atoms with Crippen molar-refractivity contribution in [1.29, 1.82) is 0 Å². The lowest BCUT2D eigenvalue weighted by molar-refractivity contribution is -0.149. The van der Waals surface area contributed by atoms with Gasteiger partial charge >= 0.3 is 19.4 Å². The summed E-state index contributed by atoms with van der Waals surface area (Å²) >= 11 is 0. The minimum Gasteiger partial charge on any atom is -0.462 e. The average Bonchev–Trinajstić information content (AvgIpc) is 3.36.